The van der Waals surface area contributed by atoms with Crippen LogP contribution in [0, 0.1) is 11.3 Å². The molecule has 1 N–H and O–H groups in total. The number of hydrogen-bond acceptors (Lipinski definition) is 2. The minimum absolute atomic E-state index is 0.347. The molecule has 1 atom stereocenters. The van der Waals surface area contributed by atoms with Gasteiger partial charge in [-0.15, -0.1) is 4.53 Å². The van der Waals surface area contributed by atoms with Gasteiger partial charge in [0.1, 0.15) is 0 Å². The minimum atomic E-state index is -0.533. The van der Waals surface area contributed by atoms with E-state index in [-0.39, 0.29) is 0 Å². The first-order chi connectivity index (χ1) is 4.88. The first-order valence-corrected chi connectivity index (χ1v) is 3.95. The molecule has 0 saturated heterocycles. The average Bonchev–Trinajstić information content (AvgIpc) is 2.36. The van der Waals surface area contributed by atoms with Gasteiger partial charge in [0.05, 0.1) is 12.5 Å². The molecule has 1 unspecified atom stereocenters. The first kappa shape index (κ1) is 7.19. The highest BCUT2D eigenvalue weighted by Crippen LogP contribution is 2.16. The van der Waals surface area contributed by atoms with E-state index in [4.69, 9.17) is 10.5 Å². The van der Waals surface area contributed by atoms with Gasteiger partial charge in [-0.2, -0.15) is 5.26 Å². The fraction of sp³-hybridized carbons (Fsp3) is 0.167. The molecule has 0 spiro atoms. The Hall–Kier alpha value is -0.920. The van der Waals surface area contributed by atoms with E-state index >= 15 is 0 Å². The lowest BCUT2D eigenvalue weighted by molar-refractivity contribution is 0.329. The van der Waals surface area contributed by atoms with Crippen molar-refractivity contribution in [1.29, 1.82) is 5.26 Å². The third kappa shape index (κ3) is 1.32. The van der Waals surface area contributed by atoms with Crippen molar-refractivity contribution < 1.29 is 5.21 Å². The second-order valence-corrected chi connectivity index (χ2v) is 3.28. The van der Waals surface area contributed by atoms with Gasteiger partial charge in [-0.3, -0.25) is 5.21 Å². The summed E-state index contributed by atoms with van der Waals surface area (Å²) < 4.78 is 3.11. The van der Waals surface area contributed by atoms with Gasteiger partial charge in [0, 0.05) is 4.91 Å². The molecule has 1 rings (SSSR count). The SMILES string of the molecule is N#CCC1=CC=C/S1=N\O. The zero-order chi connectivity index (χ0) is 7.40. The fourth-order valence-corrected chi connectivity index (χ4v) is 1.66. The van der Waals surface area contributed by atoms with E-state index in [1.807, 2.05) is 12.1 Å². The summed E-state index contributed by atoms with van der Waals surface area (Å²) in [5.41, 5.74) is 0. The maximum Gasteiger partial charge on any atom is 0.0675 e. The molecule has 1 aliphatic heterocycles. The average molecular weight is 154 g/mol. The summed E-state index contributed by atoms with van der Waals surface area (Å²) in [4.78, 5) is 0.880. The largest absolute Gasteiger partial charge is 0.261 e. The summed E-state index contributed by atoms with van der Waals surface area (Å²) >= 11 is 0. The third-order valence-electron chi connectivity index (χ3n) is 1.10. The number of nitriles is 1. The number of nitrogens with zero attached hydrogens (tertiary/aromatic N) is 2. The van der Waals surface area contributed by atoms with Crippen molar-refractivity contribution in [3.63, 3.8) is 0 Å². The standard InChI is InChI=1S/C6H6N2OS/c7-4-3-6-2-1-5-10(6)8-9/h1-2,5,9H,3H2. The van der Waals surface area contributed by atoms with Gasteiger partial charge < -0.3 is 0 Å². The van der Waals surface area contributed by atoms with E-state index in [1.54, 1.807) is 11.5 Å². The van der Waals surface area contributed by atoms with Crippen LogP contribution in [0.1, 0.15) is 6.42 Å². The van der Waals surface area contributed by atoms with E-state index in [1.165, 1.54) is 0 Å². The molecule has 0 amide bonds. The van der Waals surface area contributed by atoms with Crippen LogP contribution in [-0.2, 0) is 10.7 Å². The number of hydrogen-bond donors (Lipinski definition) is 1. The number of allylic oxidation sites excluding steroid dienone is 3. The second kappa shape index (κ2) is 3.30. The van der Waals surface area contributed by atoms with E-state index < -0.39 is 10.7 Å². The molecule has 10 heavy (non-hydrogen) atoms. The van der Waals surface area contributed by atoms with E-state index in [0.29, 0.717) is 6.42 Å². The van der Waals surface area contributed by atoms with Crippen molar-refractivity contribution >= 4 is 10.7 Å². The molecule has 0 saturated carbocycles. The molecule has 0 radical (unpaired) electrons. The third-order valence-corrected chi connectivity index (χ3v) is 2.51. The number of rotatable bonds is 1. The molecule has 3 nitrogen and oxygen atoms in total. The Morgan fingerprint density at radius 2 is 2.60 bits per heavy atom. The van der Waals surface area contributed by atoms with Crippen LogP contribution < -0.4 is 0 Å². The molecule has 0 bridgehead atoms. The highest BCUT2D eigenvalue weighted by molar-refractivity contribution is 7.94. The lowest BCUT2D eigenvalue weighted by atomic mass is 10.4. The van der Waals surface area contributed by atoms with Gasteiger partial charge in [-0.1, -0.05) is 6.08 Å². The predicted molar refractivity (Wildman–Crippen MR) is 39.0 cm³/mol. The molecular formula is C6H6N2OS. The zero-order valence-corrected chi connectivity index (χ0v) is 6.01. The quantitative estimate of drug-likeness (QED) is 0.582. The highest BCUT2D eigenvalue weighted by Gasteiger charge is 2.04. The van der Waals surface area contributed by atoms with Crippen LogP contribution in [0.4, 0.5) is 0 Å². The molecule has 1 heterocycles. The van der Waals surface area contributed by atoms with Crippen molar-refractivity contribution in [3.05, 3.63) is 22.5 Å². The van der Waals surface area contributed by atoms with E-state index in [9.17, 15) is 0 Å². The maximum atomic E-state index is 8.40. The zero-order valence-electron chi connectivity index (χ0n) is 5.19. The summed E-state index contributed by atoms with van der Waals surface area (Å²) in [7, 11) is -0.533. The molecule has 0 fully saturated rings. The molecule has 0 aromatic rings. The molecular weight excluding hydrogens is 148 g/mol. The Morgan fingerprint density at radius 3 is 3.20 bits per heavy atom. The normalized spacial score (nSPS) is 22.8. The lowest BCUT2D eigenvalue weighted by Gasteiger charge is -1.94. The molecule has 0 aromatic carbocycles. The van der Waals surface area contributed by atoms with Crippen molar-refractivity contribution in [3.8, 4) is 6.07 Å². The Balaban J connectivity index is 2.75. The van der Waals surface area contributed by atoms with Crippen molar-refractivity contribution in [1.82, 2.24) is 0 Å². The summed E-state index contributed by atoms with van der Waals surface area (Å²) in [6.07, 6.45) is 3.96. The van der Waals surface area contributed by atoms with Gasteiger partial charge in [0.15, 0.2) is 0 Å². The molecule has 0 aliphatic carbocycles. The summed E-state index contributed by atoms with van der Waals surface area (Å²) in [5.74, 6) is 0. The predicted octanol–water partition coefficient (Wildman–Crippen LogP) is 1.50. The van der Waals surface area contributed by atoms with Gasteiger partial charge >= 0.3 is 0 Å². The van der Waals surface area contributed by atoms with Gasteiger partial charge in [-0.05, 0) is 22.2 Å². The van der Waals surface area contributed by atoms with Crippen LogP contribution in [-0.4, -0.2) is 5.21 Å². The van der Waals surface area contributed by atoms with Gasteiger partial charge in [0.25, 0.3) is 0 Å². The molecule has 4 heteroatoms. The van der Waals surface area contributed by atoms with Crippen LogP contribution in [0.25, 0.3) is 0 Å². The fourth-order valence-electron chi connectivity index (χ4n) is 0.669. The molecule has 0 aromatic heterocycles. The Bertz CT molecular complexity index is 259. The summed E-state index contributed by atoms with van der Waals surface area (Å²) in [6.45, 7) is 0. The topological polar surface area (TPSA) is 56.4 Å². The van der Waals surface area contributed by atoms with Gasteiger partial charge in [-0.25, -0.2) is 0 Å². The summed E-state index contributed by atoms with van der Waals surface area (Å²) in [6, 6.07) is 2.00. The van der Waals surface area contributed by atoms with Crippen molar-refractivity contribution in [2.45, 2.75) is 6.42 Å². The van der Waals surface area contributed by atoms with Gasteiger partial charge in [0.2, 0.25) is 0 Å². The molecule has 52 valence electrons. The van der Waals surface area contributed by atoms with Crippen LogP contribution >= 0.6 is 0 Å². The monoisotopic (exact) mass is 154 g/mol. The van der Waals surface area contributed by atoms with Crippen LogP contribution in [0.3, 0.4) is 0 Å². The Labute approximate surface area is 61.3 Å². The van der Waals surface area contributed by atoms with Crippen LogP contribution in [0.15, 0.2) is 27.0 Å². The van der Waals surface area contributed by atoms with Crippen molar-refractivity contribution in [2.75, 3.05) is 0 Å². The second-order valence-electron chi connectivity index (χ2n) is 1.69. The van der Waals surface area contributed by atoms with E-state index in [2.05, 4.69) is 4.53 Å². The summed E-state index contributed by atoms with van der Waals surface area (Å²) in [5, 5.41) is 18.5. The lowest BCUT2D eigenvalue weighted by Crippen LogP contribution is -1.84. The maximum absolute atomic E-state index is 8.40. The van der Waals surface area contributed by atoms with Crippen LogP contribution in [0.2, 0.25) is 0 Å². The van der Waals surface area contributed by atoms with Crippen LogP contribution in [0.5, 0.6) is 0 Å². The molecule has 1 aliphatic rings. The smallest absolute Gasteiger partial charge is 0.0675 e. The highest BCUT2D eigenvalue weighted by atomic mass is 32.2. The van der Waals surface area contributed by atoms with E-state index in [0.717, 1.165) is 4.91 Å². The Kier molecular flexibility index (Phi) is 2.37. The first-order valence-electron chi connectivity index (χ1n) is 2.71. The minimum Gasteiger partial charge on any atom is -0.261 e. The van der Waals surface area contributed by atoms with Crippen molar-refractivity contribution in [2.24, 2.45) is 4.53 Å². The Morgan fingerprint density at radius 1 is 1.80 bits per heavy atom.